The van der Waals surface area contributed by atoms with Crippen LogP contribution in [0.25, 0.3) is 93.9 Å². The molecule has 0 aliphatic carbocycles. The van der Waals surface area contributed by atoms with Gasteiger partial charge in [0, 0.05) is 44.2 Å². The Labute approximate surface area is 366 Å². The van der Waals surface area contributed by atoms with Crippen molar-refractivity contribution in [1.82, 2.24) is 4.57 Å². The van der Waals surface area contributed by atoms with Crippen molar-refractivity contribution in [2.75, 3.05) is 4.90 Å². The molecule has 0 saturated heterocycles. The Morgan fingerprint density at radius 1 is 0.302 bits per heavy atom. The van der Waals surface area contributed by atoms with Gasteiger partial charge in [0.15, 0.2) is 0 Å². The Hall–Kier alpha value is -8.40. The molecule has 0 fully saturated rings. The largest absolute Gasteiger partial charge is 0.456 e. The van der Waals surface area contributed by atoms with Gasteiger partial charge in [-0.25, -0.2) is 0 Å². The first kappa shape index (κ1) is 36.5. The van der Waals surface area contributed by atoms with Gasteiger partial charge in [-0.05, 0) is 118 Å². The SMILES string of the molecule is c1ccc(-c2ccc3c(c2)oc2cc(-c4ccc(N(c5ccc(-c6cccc(-n7c8ccccc8c8ccccc87)c6)cc5)c5ccccc5-c5ccccc5)cc4)ccc23)cc1. The number of aromatic nitrogens is 1. The minimum Gasteiger partial charge on any atom is -0.456 e. The molecule has 0 N–H and O–H groups in total. The zero-order valence-corrected chi connectivity index (χ0v) is 34.4. The molecule has 0 saturated carbocycles. The van der Waals surface area contributed by atoms with Gasteiger partial charge in [-0.1, -0.05) is 164 Å². The number of furan rings is 1. The van der Waals surface area contributed by atoms with Gasteiger partial charge in [0.05, 0.1) is 16.7 Å². The number of fused-ring (bicyclic) bond motifs is 6. The molecule has 0 radical (unpaired) electrons. The molecular weight excluding hydrogens is 765 g/mol. The highest BCUT2D eigenvalue weighted by Gasteiger charge is 2.19. The Morgan fingerprint density at radius 2 is 0.746 bits per heavy atom. The van der Waals surface area contributed by atoms with Crippen molar-refractivity contribution in [2.24, 2.45) is 0 Å². The molecule has 296 valence electrons. The van der Waals surface area contributed by atoms with Gasteiger partial charge in [-0.15, -0.1) is 0 Å². The Kier molecular flexibility index (Phi) is 8.83. The number of para-hydroxylation sites is 3. The molecule has 2 heterocycles. The third kappa shape index (κ3) is 6.46. The van der Waals surface area contributed by atoms with Crippen LogP contribution in [0.5, 0.6) is 0 Å². The summed E-state index contributed by atoms with van der Waals surface area (Å²) in [7, 11) is 0. The van der Waals surface area contributed by atoms with Crippen LogP contribution in [0, 0.1) is 0 Å². The summed E-state index contributed by atoms with van der Waals surface area (Å²) in [5, 5.41) is 4.77. The predicted molar refractivity (Wildman–Crippen MR) is 264 cm³/mol. The highest BCUT2D eigenvalue weighted by atomic mass is 16.3. The van der Waals surface area contributed by atoms with Crippen molar-refractivity contribution in [1.29, 1.82) is 0 Å². The monoisotopic (exact) mass is 804 g/mol. The van der Waals surface area contributed by atoms with Crippen molar-refractivity contribution in [3.63, 3.8) is 0 Å². The standard InChI is InChI=1S/C60H40N2O/c1-3-14-41(15-4-1)46-30-36-54-55-37-31-47(40-60(55)63-59(54)39-46)43-28-34-49(35-29-43)61(56-23-10-7-20-51(56)44-16-5-2-6-17-44)48-32-26-42(27-33-48)45-18-13-19-50(38-45)62-57-24-11-8-21-52(57)53-22-9-12-25-58(53)62/h1-40H. The van der Waals surface area contributed by atoms with Crippen LogP contribution >= 0.6 is 0 Å². The summed E-state index contributed by atoms with van der Waals surface area (Å²) in [6, 6.07) is 87.0. The van der Waals surface area contributed by atoms with Crippen LogP contribution in [0.4, 0.5) is 17.1 Å². The van der Waals surface area contributed by atoms with E-state index in [2.05, 4.69) is 246 Å². The molecule has 0 unspecified atom stereocenters. The molecule has 0 spiro atoms. The van der Waals surface area contributed by atoms with Crippen LogP contribution in [0.15, 0.2) is 247 Å². The summed E-state index contributed by atoms with van der Waals surface area (Å²) >= 11 is 0. The number of hydrogen-bond acceptors (Lipinski definition) is 2. The minimum absolute atomic E-state index is 0.885. The Bertz CT molecular complexity index is 3550. The third-order valence-corrected chi connectivity index (χ3v) is 12.4. The van der Waals surface area contributed by atoms with E-state index in [0.717, 1.165) is 72.5 Å². The number of anilines is 3. The Morgan fingerprint density at radius 3 is 1.33 bits per heavy atom. The normalized spacial score (nSPS) is 11.5. The molecular formula is C60H40N2O. The van der Waals surface area contributed by atoms with Gasteiger partial charge in [0.25, 0.3) is 0 Å². The maximum Gasteiger partial charge on any atom is 0.136 e. The molecule has 12 rings (SSSR count). The van der Waals surface area contributed by atoms with E-state index in [1.165, 1.54) is 38.5 Å². The summed E-state index contributed by atoms with van der Waals surface area (Å²) in [6.07, 6.45) is 0. The number of nitrogens with zero attached hydrogens (tertiary/aromatic N) is 2. The molecule has 0 aliphatic rings. The van der Waals surface area contributed by atoms with Crippen molar-refractivity contribution >= 4 is 60.8 Å². The van der Waals surface area contributed by atoms with Crippen molar-refractivity contribution in [3.05, 3.63) is 243 Å². The fraction of sp³-hybridized carbons (Fsp3) is 0. The molecule has 0 aliphatic heterocycles. The van der Waals surface area contributed by atoms with E-state index in [1.807, 2.05) is 6.07 Å². The molecule has 10 aromatic carbocycles. The smallest absolute Gasteiger partial charge is 0.136 e. The molecule has 2 aromatic heterocycles. The van der Waals surface area contributed by atoms with E-state index < -0.39 is 0 Å². The van der Waals surface area contributed by atoms with E-state index in [4.69, 9.17) is 4.42 Å². The lowest BCUT2D eigenvalue weighted by atomic mass is 9.99. The van der Waals surface area contributed by atoms with Crippen molar-refractivity contribution < 1.29 is 4.42 Å². The molecule has 0 bridgehead atoms. The van der Waals surface area contributed by atoms with Gasteiger partial charge in [0.2, 0.25) is 0 Å². The van der Waals surface area contributed by atoms with Crippen LogP contribution in [0.2, 0.25) is 0 Å². The van der Waals surface area contributed by atoms with Gasteiger partial charge in [0.1, 0.15) is 11.2 Å². The summed E-state index contributed by atoms with van der Waals surface area (Å²) in [5.41, 5.74) is 17.8. The van der Waals surface area contributed by atoms with Crippen LogP contribution in [-0.2, 0) is 0 Å². The van der Waals surface area contributed by atoms with E-state index in [-0.39, 0.29) is 0 Å². The van der Waals surface area contributed by atoms with Crippen molar-refractivity contribution in [3.8, 4) is 50.2 Å². The maximum atomic E-state index is 6.50. The number of rotatable bonds is 8. The Balaban J connectivity index is 0.911. The van der Waals surface area contributed by atoms with Gasteiger partial charge < -0.3 is 13.9 Å². The molecule has 12 aromatic rings. The average Bonchev–Trinajstić information content (AvgIpc) is 3.90. The summed E-state index contributed by atoms with van der Waals surface area (Å²) in [6.45, 7) is 0. The molecule has 3 heteroatoms. The van der Waals surface area contributed by atoms with Crippen LogP contribution in [0.3, 0.4) is 0 Å². The van der Waals surface area contributed by atoms with Gasteiger partial charge in [-0.2, -0.15) is 0 Å². The number of benzene rings is 10. The van der Waals surface area contributed by atoms with Crippen LogP contribution in [0.1, 0.15) is 0 Å². The van der Waals surface area contributed by atoms with Gasteiger partial charge in [-0.3, -0.25) is 0 Å². The molecule has 3 nitrogen and oxygen atoms in total. The fourth-order valence-corrected chi connectivity index (χ4v) is 9.36. The minimum atomic E-state index is 0.885. The lowest BCUT2D eigenvalue weighted by molar-refractivity contribution is 0.669. The molecule has 0 amide bonds. The summed E-state index contributed by atoms with van der Waals surface area (Å²) in [4.78, 5) is 2.37. The zero-order valence-electron chi connectivity index (χ0n) is 34.4. The van der Waals surface area contributed by atoms with E-state index in [0.29, 0.717) is 0 Å². The molecule has 0 atom stereocenters. The topological polar surface area (TPSA) is 21.3 Å². The van der Waals surface area contributed by atoms with E-state index in [9.17, 15) is 0 Å². The average molecular weight is 805 g/mol. The zero-order chi connectivity index (χ0) is 41.7. The summed E-state index contributed by atoms with van der Waals surface area (Å²) in [5.74, 6) is 0. The first-order valence-corrected chi connectivity index (χ1v) is 21.5. The highest BCUT2D eigenvalue weighted by Crippen LogP contribution is 2.43. The first-order chi connectivity index (χ1) is 31.2. The molecule has 63 heavy (non-hydrogen) atoms. The quantitative estimate of drug-likeness (QED) is 0.153. The van der Waals surface area contributed by atoms with E-state index in [1.54, 1.807) is 0 Å². The van der Waals surface area contributed by atoms with Crippen LogP contribution in [-0.4, -0.2) is 4.57 Å². The maximum absolute atomic E-state index is 6.50. The lowest BCUT2D eigenvalue weighted by Gasteiger charge is -2.28. The second-order valence-electron chi connectivity index (χ2n) is 16.1. The second kappa shape index (κ2) is 15.3. The first-order valence-electron chi connectivity index (χ1n) is 21.5. The fourth-order valence-electron chi connectivity index (χ4n) is 9.36. The summed E-state index contributed by atoms with van der Waals surface area (Å²) < 4.78 is 8.88. The lowest BCUT2D eigenvalue weighted by Crippen LogP contribution is -2.11. The number of hydrogen-bond donors (Lipinski definition) is 0. The predicted octanol–water partition coefficient (Wildman–Crippen LogP) is 16.8. The van der Waals surface area contributed by atoms with Crippen LogP contribution < -0.4 is 4.90 Å². The third-order valence-electron chi connectivity index (χ3n) is 12.4. The second-order valence-corrected chi connectivity index (χ2v) is 16.1. The van der Waals surface area contributed by atoms with Crippen molar-refractivity contribution in [2.45, 2.75) is 0 Å². The van der Waals surface area contributed by atoms with E-state index >= 15 is 0 Å². The highest BCUT2D eigenvalue weighted by molar-refractivity contribution is 6.09. The van der Waals surface area contributed by atoms with Gasteiger partial charge >= 0.3 is 0 Å².